The Labute approximate surface area is 156 Å². The summed E-state index contributed by atoms with van der Waals surface area (Å²) in [5.41, 5.74) is 2.79. The molecule has 1 aliphatic rings. The van der Waals surface area contributed by atoms with E-state index < -0.39 is 0 Å². The van der Waals surface area contributed by atoms with Crippen LogP contribution in [0.15, 0.2) is 66.0 Å². The zero-order valence-electron chi connectivity index (χ0n) is 14.2. The van der Waals surface area contributed by atoms with Crippen LogP contribution in [0, 0.1) is 10.1 Å². The lowest BCUT2D eigenvalue weighted by atomic mass is 10.1. The van der Waals surface area contributed by atoms with Crippen molar-refractivity contribution in [1.29, 1.82) is 0 Å². The van der Waals surface area contributed by atoms with Gasteiger partial charge in [-0.1, -0.05) is 54.9 Å². The largest absolute Gasteiger partial charge is 0.287 e. The molecule has 0 spiro atoms. The lowest BCUT2D eigenvalue weighted by Gasteiger charge is -2.14. The van der Waals surface area contributed by atoms with Gasteiger partial charge in [0.05, 0.1) is 16.8 Å². The molecule has 0 aliphatic heterocycles. The summed E-state index contributed by atoms with van der Waals surface area (Å²) in [5, 5.41) is 12.7. The molecule has 0 N–H and O–H groups in total. The Morgan fingerprint density at radius 3 is 2.58 bits per heavy atom. The maximum Gasteiger partial charge on any atom is 0.270 e. The molecule has 4 rings (SSSR count). The number of hydrogen-bond acceptors (Lipinski definition) is 4. The Hall–Kier alpha value is -2.60. The number of non-ortho nitro benzene ring substituents is 1. The van der Waals surface area contributed by atoms with Crippen LogP contribution >= 0.6 is 11.8 Å². The highest BCUT2D eigenvalue weighted by atomic mass is 32.2. The van der Waals surface area contributed by atoms with E-state index in [4.69, 9.17) is 0 Å². The van der Waals surface area contributed by atoms with Crippen molar-refractivity contribution in [2.45, 2.75) is 36.1 Å². The summed E-state index contributed by atoms with van der Waals surface area (Å²) in [6.45, 7) is 0. The van der Waals surface area contributed by atoms with Crippen molar-refractivity contribution in [2.75, 3.05) is 0 Å². The van der Waals surface area contributed by atoms with Crippen molar-refractivity contribution in [3.63, 3.8) is 0 Å². The molecule has 0 saturated heterocycles. The summed E-state index contributed by atoms with van der Waals surface area (Å²) in [6.07, 6.45) is 6.82. The monoisotopic (exact) mass is 365 g/mol. The number of rotatable bonds is 5. The van der Waals surface area contributed by atoms with Crippen molar-refractivity contribution >= 4 is 17.4 Å². The van der Waals surface area contributed by atoms with Gasteiger partial charge in [-0.3, -0.25) is 14.7 Å². The minimum absolute atomic E-state index is 0.0910. The summed E-state index contributed by atoms with van der Waals surface area (Å²) in [5.74, 6) is 0. The smallest absolute Gasteiger partial charge is 0.270 e. The quantitative estimate of drug-likeness (QED) is 0.443. The van der Waals surface area contributed by atoms with Crippen LogP contribution in [-0.2, 0) is 0 Å². The van der Waals surface area contributed by atoms with Crippen LogP contribution in [-0.4, -0.2) is 19.7 Å². The average Bonchev–Trinajstić information content (AvgIpc) is 3.33. The number of thioether (sulfide) groups is 1. The van der Waals surface area contributed by atoms with Gasteiger partial charge in [0.2, 0.25) is 0 Å². The van der Waals surface area contributed by atoms with Crippen LogP contribution in [0.1, 0.15) is 25.7 Å². The zero-order valence-corrected chi connectivity index (χ0v) is 15.1. The van der Waals surface area contributed by atoms with Crippen molar-refractivity contribution in [3.05, 3.63) is 70.9 Å². The summed E-state index contributed by atoms with van der Waals surface area (Å²) in [6, 6.07) is 16.8. The summed E-state index contributed by atoms with van der Waals surface area (Å²) in [4.78, 5) is 15.5. The molecule has 1 saturated carbocycles. The maximum absolute atomic E-state index is 11.2. The highest BCUT2D eigenvalue weighted by Gasteiger charge is 2.22. The molecule has 1 fully saturated rings. The second-order valence-electron chi connectivity index (χ2n) is 6.43. The van der Waals surface area contributed by atoms with Gasteiger partial charge in [-0.05, 0) is 25.0 Å². The van der Waals surface area contributed by atoms with Crippen molar-refractivity contribution in [1.82, 2.24) is 9.55 Å². The lowest BCUT2D eigenvalue weighted by Crippen LogP contribution is -2.02. The molecule has 3 aromatic rings. The number of para-hydroxylation sites is 1. The van der Waals surface area contributed by atoms with Gasteiger partial charge < -0.3 is 0 Å². The second-order valence-corrected chi connectivity index (χ2v) is 7.70. The van der Waals surface area contributed by atoms with Crippen LogP contribution in [0.2, 0.25) is 0 Å². The predicted molar refractivity (Wildman–Crippen MR) is 104 cm³/mol. The van der Waals surface area contributed by atoms with Crippen LogP contribution in [0.25, 0.3) is 16.9 Å². The van der Waals surface area contributed by atoms with E-state index in [-0.39, 0.29) is 10.6 Å². The Kier molecular flexibility index (Phi) is 4.75. The van der Waals surface area contributed by atoms with Crippen molar-refractivity contribution < 1.29 is 4.92 Å². The molecule has 26 heavy (non-hydrogen) atoms. The van der Waals surface area contributed by atoms with Gasteiger partial charge in [-0.25, -0.2) is 4.98 Å². The zero-order chi connectivity index (χ0) is 17.9. The standard InChI is InChI=1S/C20H19N3O2S/c24-23(25)17-10-6-7-15(13-17)19-14-21-20(26-18-11-4-5-12-18)22(19)16-8-2-1-3-9-16/h1-3,6-10,13-14,18H,4-5,11-12H2. The van der Waals surface area contributed by atoms with Crippen LogP contribution in [0.5, 0.6) is 0 Å². The van der Waals surface area contributed by atoms with Gasteiger partial charge in [-0.15, -0.1) is 0 Å². The molecule has 6 heteroatoms. The van der Waals surface area contributed by atoms with E-state index in [0.29, 0.717) is 5.25 Å². The first-order chi connectivity index (χ1) is 12.7. The first-order valence-electron chi connectivity index (χ1n) is 8.77. The molecule has 0 unspecified atom stereocenters. The number of nitrogens with zero attached hydrogens (tertiary/aromatic N) is 3. The molecule has 0 radical (unpaired) electrons. The van der Waals surface area contributed by atoms with E-state index in [1.165, 1.54) is 31.7 Å². The topological polar surface area (TPSA) is 61.0 Å². The van der Waals surface area contributed by atoms with Crippen LogP contribution < -0.4 is 0 Å². The number of nitro benzene ring substituents is 1. The normalized spacial score (nSPS) is 14.6. The molecule has 2 aromatic carbocycles. The fraction of sp³-hybridized carbons (Fsp3) is 0.250. The van der Waals surface area contributed by atoms with E-state index >= 15 is 0 Å². The van der Waals surface area contributed by atoms with Gasteiger partial charge >= 0.3 is 0 Å². The van der Waals surface area contributed by atoms with E-state index in [9.17, 15) is 10.1 Å². The van der Waals surface area contributed by atoms with Gasteiger partial charge in [0.15, 0.2) is 5.16 Å². The number of benzene rings is 2. The van der Waals surface area contributed by atoms with Crippen molar-refractivity contribution in [3.8, 4) is 16.9 Å². The molecule has 1 aromatic heterocycles. The van der Waals surface area contributed by atoms with E-state index in [1.54, 1.807) is 12.1 Å². The molecule has 5 nitrogen and oxygen atoms in total. The highest BCUT2D eigenvalue weighted by Crippen LogP contribution is 2.37. The molecule has 1 heterocycles. The second kappa shape index (κ2) is 7.33. The van der Waals surface area contributed by atoms with Crippen molar-refractivity contribution in [2.24, 2.45) is 0 Å². The minimum atomic E-state index is -0.360. The van der Waals surface area contributed by atoms with Gasteiger partial charge in [0, 0.05) is 28.6 Å². The molecule has 132 valence electrons. The van der Waals surface area contributed by atoms with Gasteiger partial charge in [-0.2, -0.15) is 0 Å². The number of nitro groups is 1. The first-order valence-corrected chi connectivity index (χ1v) is 9.65. The minimum Gasteiger partial charge on any atom is -0.287 e. The summed E-state index contributed by atoms with van der Waals surface area (Å²) < 4.78 is 2.11. The van der Waals surface area contributed by atoms with E-state index in [0.717, 1.165) is 22.1 Å². The average molecular weight is 365 g/mol. The third-order valence-corrected chi connectivity index (χ3v) is 5.97. The fourth-order valence-electron chi connectivity index (χ4n) is 3.38. The van der Waals surface area contributed by atoms with E-state index in [2.05, 4.69) is 9.55 Å². The fourth-order valence-corrected chi connectivity index (χ4v) is 4.67. The Bertz CT molecular complexity index is 918. The molecule has 0 bridgehead atoms. The SMILES string of the molecule is O=[N+]([O-])c1cccc(-c2cnc(SC3CCCC3)n2-c2ccccc2)c1. The molecule has 1 aliphatic carbocycles. The predicted octanol–water partition coefficient (Wildman–Crippen LogP) is 5.48. The molecular weight excluding hydrogens is 346 g/mol. The highest BCUT2D eigenvalue weighted by molar-refractivity contribution is 7.99. The Morgan fingerprint density at radius 2 is 1.85 bits per heavy atom. The summed E-state index contributed by atoms with van der Waals surface area (Å²) in [7, 11) is 0. The number of imidazole rings is 1. The maximum atomic E-state index is 11.2. The van der Waals surface area contributed by atoms with Gasteiger partial charge in [0.1, 0.15) is 0 Å². The molecule has 0 amide bonds. The van der Waals surface area contributed by atoms with E-state index in [1.807, 2.05) is 54.4 Å². The first kappa shape index (κ1) is 16.8. The third kappa shape index (κ3) is 3.37. The molecule has 0 atom stereocenters. The summed E-state index contributed by atoms with van der Waals surface area (Å²) >= 11 is 1.82. The van der Waals surface area contributed by atoms with Gasteiger partial charge in [0.25, 0.3) is 5.69 Å². The Morgan fingerprint density at radius 1 is 1.08 bits per heavy atom. The Balaban J connectivity index is 1.80. The third-order valence-electron chi connectivity index (χ3n) is 4.67. The lowest BCUT2D eigenvalue weighted by molar-refractivity contribution is -0.384. The van der Waals surface area contributed by atoms with Crippen LogP contribution in [0.4, 0.5) is 5.69 Å². The number of hydrogen-bond donors (Lipinski definition) is 0. The number of aromatic nitrogens is 2. The molecular formula is C20H19N3O2S. The van der Waals surface area contributed by atoms with Crippen LogP contribution in [0.3, 0.4) is 0 Å².